The van der Waals surface area contributed by atoms with E-state index in [0.717, 1.165) is 5.56 Å². The summed E-state index contributed by atoms with van der Waals surface area (Å²) >= 11 is 0. The Morgan fingerprint density at radius 1 is 0.953 bits per heavy atom. The van der Waals surface area contributed by atoms with Gasteiger partial charge >= 0.3 is 5.76 Å². The highest BCUT2D eigenvalue weighted by Gasteiger charge is 2.31. The molecule has 0 radical (unpaired) electrons. The monoisotopic (exact) mass is 608 g/mol. The molecule has 11 nitrogen and oxygen atoms in total. The Hall–Kier alpha value is -4.26. The molecule has 0 saturated heterocycles. The summed E-state index contributed by atoms with van der Waals surface area (Å²) in [4.78, 5) is 37.0. The van der Waals surface area contributed by atoms with Crippen molar-refractivity contribution >= 4 is 38.6 Å². The molecule has 4 aromatic rings. The van der Waals surface area contributed by atoms with Crippen LogP contribution in [-0.4, -0.2) is 59.4 Å². The lowest BCUT2D eigenvalue weighted by molar-refractivity contribution is -0.123. The van der Waals surface area contributed by atoms with Crippen LogP contribution in [-0.2, 0) is 32.6 Å². The third-order valence-electron chi connectivity index (χ3n) is 6.76. The topological polar surface area (TPSA) is 151 Å². The highest BCUT2D eigenvalue weighted by atomic mass is 32.2. The van der Waals surface area contributed by atoms with Gasteiger partial charge in [0.05, 0.1) is 22.6 Å². The lowest BCUT2D eigenvalue weighted by Gasteiger charge is -2.31. The van der Waals surface area contributed by atoms with Gasteiger partial charge in [-0.25, -0.2) is 13.2 Å². The van der Waals surface area contributed by atoms with Crippen LogP contribution in [0.1, 0.15) is 26.3 Å². The van der Waals surface area contributed by atoms with Crippen LogP contribution in [0.25, 0.3) is 11.1 Å². The SMILES string of the molecule is CC(=O)Nc1ccc(S(=O)(=O)N(CC(C)C)C[C@@H](O)[C@H](Cc2ccccc2)NC(=O)Cn2c(=O)oc3ccccc32)cc1. The van der Waals surface area contributed by atoms with Gasteiger partial charge in [0, 0.05) is 25.7 Å². The number of amides is 2. The maximum atomic E-state index is 13.7. The zero-order chi connectivity index (χ0) is 31.1. The van der Waals surface area contributed by atoms with E-state index >= 15 is 0 Å². The third kappa shape index (κ3) is 8.19. The van der Waals surface area contributed by atoms with Gasteiger partial charge in [-0.3, -0.25) is 14.2 Å². The first-order chi connectivity index (χ1) is 20.4. The second kappa shape index (κ2) is 13.8. The number of benzene rings is 3. The Balaban J connectivity index is 1.58. The fraction of sp³-hybridized carbons (Fsp3) is 0.323. The first-order valence-corrected chi connectivity index (χ1v) is 15.4. The molecule has 0 bridgehead atoms. The number of hydrogen-bond donors (Lipinski definition) is 3. The number of fused-ring (bicyclic) bond motifs is 1. The number of aliphatic hydroxyl groups excluding tert-OH is 1. The molecular weight excluding hydrogens is 572 g/mol. The average Bonchev–Trinajstić information content (AvgIpc) is 3.27. The fourth-order valence-electron chi connectivity index (χ4n) is 4.79. The zero-order valence-corrected chi connectivity index (χ0v) is 25.1. The molecule has 0 spiro atoms. The van der Waals surface area contributed by atoms with E-state index in [1.807, 2.05) is 44.2 Å². The number of anilines is 1. The van der Waals surface area contributed by atoms with Gasteiger partial charge in [0.15, 0.2) is 5.58 Å². The molecule has 0 unspecified atom stereocenters. The predicted octanol–water partition coefficient (Wildman–Crippen LogP) is 2.99. The van der Waals surface area contributed by atoms with E-state index in [1.54, 1.807) is 24.3 Å². The van der Waals surface area contributed by atoms with Crippen LogP contribution in [0.3, 0.4) is 0 Å². The predicted molar refractivity (Wildman–Crippen MR) is 163 cm³/mol. The van der Waals surface area contributed by atoms with E-state index in [-0.39, 0.29) is 42.8 Å². The van der Waals surface area contributed by atoms with Gasteiger partial charge in [-0.2, -0.15) is 4.31 Å². The molecule has 1 aromatic heterocycles. The molecule has 43 heavy (non-hydrogen) atoms. The summed E-state index contributed by atoms with van der Waals surface area (Å²) in [5, 5.41) is 16.9. The van der Waals surface area contributed by atoms with Crippen molar-refractivity contribution in [3.8, 4) is 0 Å². The van der Waals surface area contributed by atoms with Crippen LogP contribution in [0.5, 0.6) is 0 Å². The first-order valence-electron chi connectivity index (χ1n) is 13.9. The van der Waals surface area contributed by atoms with E-state index in [1.165, 1.54) is 40.1 Å². The Labute approximate surface area is 250 Å². The number of rotatable bonds is 13. The van der Waals surface area contributed by atoms with Gasteiger partial charge in [-0.05, 0) is 54.3 Å². The molecule has 0 saturated carbocycles. The van der Waals surface area contributed by atoms with Crippen LogP contribution < -0.4 is 16.4 Å². The number of carbonyl (C=O) groups is 2. The Bertz CT molecular complexity index is 1710. The minimum Gasteiger partial charge on any atom is -0.408 e. The van der Waals surface area contributed by atoms with Crippen molar-refractivity contribution in [2.75, 3.05) is 18.4 Å². The van der Waals surface area contributed by atoms with E-state index in [9.17, 15) is 27.9 Å². The normalized spacial score (nSPS) is 13.3. The number of aromatic nitrogens is 1. The van der Waals surface area contributed by atoms with Crippen LogP contribution in [0.15, 0.2) is 93.0 Å². The number of carbonyl (C=O) groups excluding carboxylic acids is 2. The molecule has 3 N–H and O–H groups in total. The number of aliphatic hydroxyl groups is 1. The summed E-state index contributed by atoms with van der Waals surface area (Å²) in [5.74, 6) is -1.57. The summed E-state index contributed by atoms with van der Waals surface area (Å²) < 4.78 is 35.0. The van der Waals surface area contributed by atoms with E-state index < -0.39 is 33.8 Å². The number of nitrogens with zero attached hydrogens (tertiary/aromatic N) is 2. The van der Waals surface area contributed by atoms with Crippen molar-refractivity contribution in [2.24, 2.45) is 5.92 Å². The second-order valence-corrected chi connectivity index (χ2v) is 12.7. The van der Waals surface area contributed by atoms with Crippen LogP contribution >= 0.6 is 0 Å². The zero-order valence-electron chi connectivity index (χ0n) is 24.3. The summed E-state index contributed by atoms with van der Waals surface area (Å²) in [6.07, 6.45) is -1.08. The number of oxazole rings is 1. The van der Waals surface area contributed by atoms with Crippen LogP contribution in [0, 0.1) is 5.92 Å². The summed E-state index contributed by atoms with van der Waals surface area (Å²) in [6.45, 7) is 4.57. The van der Waals surface area contributed by atoms with Crippen molar-refractivity contribution < 1.29 is 27.5 Å². The van der Waals surface area contributed by atoms with E-state index in [2.05, 4.69) is 10.6 Å². The molecule has 0 aliphatic rings. The van der Waals surface area contributed by atoms with Crippen molar-refractivity contribution in [1.82, 2.24) is 14.2 Å². The minimum absolute atomic E-state index is 0.00399. The molecule has 0 aliphatic heterocycles. The van der Waals surface area contributed by atoms with E-state index in [0.29, 0.717) is 16.8 Å². The Morgan fingerprint density at radius 3 is 2.26 bits per heavy atom. The molecule has 0 fully saturated rings. The van der Waals surface area contributed by atoms with Crippen LogP contribution in [0.4, 0.5) is 5.69 Å². The largest absolute Gasteiger partial charge is 0.420 e. The van der Waals surface area contributed by atoms with Crippen molar-refractivity contribution in [3.05, 3.63) is 95.0 Å². The Morgan fingerprint density at radius 2 is 1.60 bits per heavy atom. The van der Waals surface area contributed by atoms with Crippen molar-refractivity contribution in [1.29, 1.82) is 0 Å². The number of nitrogens with one attached hydrogen (secondary N) is 2. The number of para-hydroxylation sites is 2. The van der Waals surface area contributed by atoms with Crippen LogP contribution in [0.2, 0.25) is 0 Å². The molecule has 1 heterocycles. The van der Waals surface area contributed by atoms with E-state index in [4.69, 9.17) is 4.42 Å². The molecule has 4 rings (SSSR count). The summed E-state index contributed by atoms with van der Waals surface area (Å²) in [6, 6.07) is 20.9. The fourth-order valence-corrected chi connectivity index (χ4v) is 6.41. The molecule has 12 heteroatoms. The highest BCUT2D eigenvalue weighted by Crippen LogP contribution is 2.21. The first kappa shape index (κ1) is 31.7. The van der Waals surface area contributed by atoms with Gasteiger partial charge in [-0.1, -0.05) is 56.3 Å². The lowest BCUT2D eigenvalue weighted by atomic mass is 10.0. The maximum absolute atomic E-state index is 13.7. The number of sulfonamides is 1. The minimum atomic E-state index is -4.05. The maximum Gasteiger partial charge on any atom is 0.420 e. The van der Waals surface area contributed by atoms with Gasteiger partial charge in [0.2, 0.25) is 21.8 Å². The average molecular weight is 609 g/mol. The Kier molecular flexibility index (Phi) is 10.2. The molecule has 228 valence electrons. The molecule has 3 aromatic carbocycles. The second-order valence-electron chi connectivity index (χ2n) is 10.8. The summed E-state index contributed by atoms with van der Waals surface area (Å²) in [7, 11) is -4.05. The summed E-state index contributed by atoms with van der Waals surface area (Å²) in [5.41, 5.74) is 2.09. The quantitative estimate of drug-likeness (QED) is 0.211. The third-order valence-corrected chi connectivity index (χ3v) is 8.60. The van der Waals surface area contributed by atoms with Gasteiger partial charge < -0.3 is 20.2 Å². The highest BCUT2D eigenvalue weighted by molar-refractivity contribution is 7.89. The molecule has 0 aliphatic carbocycles. The number of hydrogen-bond acceptors (Lipinski definition) is 7. The van der Waals surface area contributed by atoms with Crippen molar-refractivity contribution in [3.63, 3.8) is 0 Å². The van der Waals surface area contributed by atoms with Crippen molar-refractivity contribution in [2.45, 2.75) is 50.8 Å². The molecule has 2 atom stereocenters. The standard InChI is InChI=1S/C31H36N4O7S/c1-21(2)18-34(43(40,41)25-15-13-24(14-16-25)32-22(3)36)19-28(37)26(17-23-9-5-4-6-10-23)33-30(38)20-35-27-11-7-8-12-29(27)42-31(35)39/h4-16,21,26,28,37H,17-20H2,1-3H3,(H,32,36)(H,33,38)/t26-,28+/m0/s1. The van der Waals surface area contributed by atoms with Gasteiger partial charge in [-0.15, -0.1) is 0 Å². The van der Waals surface area contributed by atoms with Gasteiger partial charge in [0.25, 0.3) is 0 Å². The smallest absolute Gasteiger partial charge is 0.408 e. The van der Waals surface area contributed by atoms with Gasteiger partial charge in [0.1, 0.15) is 6.54 Å². The lowest BCUT2D eigenvalue weighted by Crippen LogP contribution is -2.51. The molecule has 2 amide bonds. The molecular formula is C31H36N4O7S.